The van der Waals surface area contributed by atoms with Crippen LogP contribution in [-0.2, 0) is 4.74 Å². The molecule has 2 N–H and O–H groups in total. The van der Waals surface area contributed by atoms with Gasteiger partial charge in [-0.15, -0.1) is 0 Å². The molecule has 0 aromatic carbocycles. The molecule has 180 valence electrons. The van der Waals surface area contributed by atoms with Gasteiger partial charge in [-0.2, -0.15) is 0 Å². The largest absolute Gasteiger partial charge is 0.390 e. The number of aliphatic hydroxyl groups excluding tert-OH is 1. The summed E-state index contributed by atoms with van der Waals surface area (Å²) in [5.74, 6) is 2.20. The van der Waals surface area contributed by atoms with Gasteiger partial charge in [-0.25, -0.2) is 0 Å². The Morgan fingerprint density at radius 2 is 2.00 bits per heavy atom. The van der Waals surface area contributed by atoms with Crippen molar-refractivity contribution in [2.45, 2.75) is 104 Å². The second-order valence-corrected chi connectivity index (χ2v) is 12.6. The second-order valence-electron chi connectivity index (χ2n) is 12.6. The Labute approximate surface area is 196 Å². The maximum atomic E-state index is 10.6. The molecule has 1 spiro atoms. The van der Waals surface area contributed by atoms with Gasteiger partial charge in [0.05, 0.1) is 24.9 Å². The van der Waals surface area contributed by atoms with E-state index in [-0.39, 0.29) is 5.41 Å². The molecular formula is C29H46O3. The van der Waals surface area contributed by atoms with Crippen molar-refractivity contribution < 1.29 is 14.9 Å². The van der Waals surface area contributed by atoms with Crippen molar-refractivity contribution in [1.82, 2.24) is 0 Å². The van der Waals surface area contributed by atoms with Gasteiger partial charge in [0, 0.05) is 5.41 Å². The summed E-state index contributed by atoms with van der Waals surface area (Å²) < 4.78 is 5.50. The van der Waals surface area contributed by atoms with E-state index in [0.717, 1.165) is 56.3 Å². The van der Waals surface area contributed by atoms with E-state index in [0.29, 0.717) is 11.3 Å². The zero-order valence-electron chi connectivity index (χ0n) is 21.0. The van der Waals surface area contributed by atoms with Crippen LogP contribution in [-0.4, -0.2) is 35.1 Å². The van der Waals surface area contributed by atoms with Crippen molar-refractivity contribution in [2.75, 3.05) is 13.2 Å². The number of fused-ring (bicyclic) bond motifs is 1. The van der Waals surface area contributed by atoms with Crippen LogP contribution >= 0.6 is 0 Å². The lowest BCUT2D eigenvalue weighted by molar-refractivity contribution is -0.133. The molecule has 0 radical (unpaired) electrons. The lowest BCUT2D eigenvalue weighted by atomic mass is 9.60. The quantitative estimate of drug-likeness (QED) is 0.503. The first-order valence-corrected chi connectivity index (χ1v) is 13.1. The SMILES string of the molecule is C=C1/C(=C\C=C2/CCC[C@]3(C)[C@@H]([C@H](C)CCCC(C)(C)O)CC[C@@H]23)CC2(COC2)C[C@H]1O. The fourth-order valence-corrected chi connectivity index (χ4v) is 7.59. The molecule has 4 aliphatic rings. The molecule has 5 atom stereocenters. The summed E-state index contributed by atoms with van der Waals surface area (Å²) in [5, 5.41) is 20.6. The number of ether oxygens (including phenoxy) is 1. The minimum atomic E-state index is -0.545. The lowest BCUT2D eigenvalue weighted by Crippen LogP contribution is -2.48. The topological polar surface area (TPSA) is 49.7 Å². The molecule has 32 heavy (non-hydrogen) atoms. The van der Waals surface area contributed by atoms with Crippen LogP contribution in [0.15, 0.2) is 35.5 Å². The predicted octanol–water partition coefficient (Wildman–Crippen LogP) is 6.36. The van der Waals surface area contributed by atoms with Gasteiger partial charge in [-0.05, 0) is 99.5 Å². The van der Waals surface area contributed by atoms with Gasteiger partial charge >= 0.3 is 0 Å². The second kappa shape index (κ2) is 9.04. The Bertz CT molecular complexity index is 766. The molecule has 1 heterocycles. The molecular weight excluding hydrogens is 396 g/mol. The monoisotopic (exact) mass is 442 g/mol. The Kier molecular flexibility index (Phi) is 6.85. The third-order valence-corrected chi connectivity index (χ3v) is 9.49. The summed E-state index contributed by atoms with van der Waals surface area (Å²) in [5.41, 5.74) is 3.79. The smallest absolute Gasteiger partial charge is 0.0794 e. The van der Waals surface area contributed by atoms with Gasteiger partial charge in [-0.1, -0.05) is 51.0 Å². The number of hydrogen-bond donors (Lipinski definition) is 2. The van der Waals surface area contributed by atoms with Crippen molar-refractivity contribution in [3.63, 3.8) is 0 Å². The van der Waals surface area contributed by atoms with Crippen LogP contribution in [0.5, 0.6) is 0 Å². The van der Waals surface area contributed by atoms with Crippen molar-refractivity contribution in [2.24, 2.45) is 28.6 Å². The van der Waals surface area contributed by atoms with Crippen molar-refractivity contribution >= 4 is 0 Å². The van der Waals surface area contributed by atoms with Crippen molar-refractivity contribution in [3.05, 3.63) is 35.5 Å². The predicted molar refractivity (Wildman–Crippen MR) is 131 cm³/mol. The van der Waals surface area contributed by atoms with Crippen LogP contribution < -0.4 is 0 Å². The molecule has 1 aliphatic heterocycles. The van der Waals surface area contributed by atoms with E-state index < -0.39 is 11.7 Å². The van der Waals surface area contributed by atoms with Crippen LogP contribution in [0.25, 0.3) is 0 Å². The standard InChI is InChI=1S/C29H46O3/c1-20(8-6-14-27(3,4)31)24-12-13-25-22(9-7-15-28(24,25)5)10-11-23-16-29(18-32-19-29)17-26(30)21(23)2/h10-11,20,24-26,30-31H,2,6-9,12-19H2,1,3-5H3/b22-10+,23-11-/t20-,24-,25+,26-,28-/m1/s1. The summed E-state index contributed by atoms with van der Waals surface area (Å²) in [6, 6.07) is 0. The van der Waals surface area contributed by atoms with E-state index in [2.05, 4.69) is 32.6 Å². The van der Waals surface area contributed by atoms with Gasteiger partial charge in [0.25, 0.3) is 0 Å². The highest BCUT2D eigenvalue weighted by Gasteiger charge is 2.50. The maximum absolute atomic E-state index is 10.6. The highest BCUT2D eigenvalue weighted by atomic mass is 16.5. The molecule has 0 aromatic rings. The zero-order valence-corrected chi connectivity index (χ0v) is 21.0. The molecule has 3 nitrogen and oxygen atoms in total. The summed E-state index contributed by atoms with van der Waals surface area (Å²) >= 11 is 0. The molecule has 0 unspecified atom stereocenters. The molecule has 3 heteroatoms. The van der Waals surface area contributed by atoms with E-state index in [1.54, 1.807) is 5.57 Å². The Balaban J connectivity index is 1.46. The van der Waals surface area contributed by atoms with Crippen molar-refractivity contribution in [1.29, 1.82) is 0 Å². The Morgan fingerprint density at radius 1 is 1.25 bits per heavy atom. The average Bonchev–Trinajstić information content (AvgIpc) is 3.04. The fraction of sp³-hybridized carbons (Fsp3) is 0.793. The fourth-order valence-electron chi connectivity index (χ4n) is 7.59. The van der Waals surface area contributed by atoms with Crippen LogP contribution in [0.3, 0.4) is 0 Å². The van der Waals surface area contributed by atoms with E-state index in [9.17, 15) is 10.2 Å². The van der Waals surface area contributed by atoms with Gasteiger partial charge < -0.3 is 14.9 Å². The van der Waals surface area contributed by atoms with E-state index in [4.69, 9.17) is 4.74 Å². The summed E-state index contributed by atoms with van der Waals surface area (Å²) in [6.07, 6.45) is 15.8. The minimum absolute atomic E-state index is 0.142. The molecule has 4 fully saturated rings. The average molecular weight is 443 g/mol. The highest BCUT2D eigenvalue weighted by molar-refractivity contribution is 5.40. The Hall–Kier alpha value is -0.900. The first kappa shape index (κ1) is 24.2. The normalized spacial score (nSPS) is 38.2. The summed E-state index contributed by atoms with van der Waals surface area (Å²) in [6.45, 7) is 14.6. The van der Waals surface area contributed by atoms with Gasteiger partial charge in [0.15, 0.2) is 0 Å². The number of aliphatic hydroxyl groups is 2. The first-order valence-electron chi connectivity index (χ1n) is 13.1. The van der Waals surface area contributed by atoms with Gasteiger partial charge in [-0.3, -0.25) is 0 Å². The van der Waals surface area contributed by atoms with Gasteiger partial charge in [0.2, 0.25) is 0 Å². The Morgan fingerprint density at radius 3 is 2.66 bits per heavy atom. The molecule has 3 saturated carbocycles. The number of hydrogen-bond acceptors (Lipinski definition) is 3. The summed E-state index contributed by atoms with van der Waals surface area (Å²) in [4.78, 5) is 0. The molecule has 0 aromatic heterocycles. The minimum Gasteiger partial charge on any atom is -0.390 e. The zero-order chi connectivity index (χ0) is 23.1. The molecule has 0 bridgehead atoms. The lowest BCUT2D eigenvalue weighted by Gasteiger charge is -2.47. The van der Waals surface area contributed by atoms with Crippen LogP contribution in [0.1, 0.15) is 91.9 Å². The first-order chi connectivity index (χ1) is 15.0. The van der Waals surface area contributed by atoms with Crippen molar-refractivity contribution in [3.8, 4) is 0 Å². The van der Waals surface area contributed by atoms with E-state index in [1.165, 1.54) is 44.1 Å². The number of rotatable bonds is 6. The van der Waals surface area contributed by atoms with Crippen LogP contribution in [0.2, 0.25) is 0 Å². The third-order valence-electron chi connectivity index (χ3n) is 9.49. The summed E-state index contributed by atoms with van der Waals surface area (Å²) in [7, 11) is 0. The molecule has 4 rings (SSSR count). The number of allylic oxidation sites excluding steroid dienone is 3. The maximum Gasteiger partial charge on any atom is 0.0794 e. The van der Waals surface area contributed by atoms with E-state index in [1.807, 2.05) is 13.8 Å². The molecule has 3 aliphatic carbocycles. The van der Waals surface area contributed by atoms with Gasteiger partial charge in [0.1, 0.15) is 0 Å². The van der Waals surface area contributed by atoms with Crippen LogP contribution in [0.4, 0.5) is 0 Å². The molecule has 1 saturated heterocycles. The van der Waals surface area contributed by atoms with E-state index >= 15 is 0 Å². The third kappa shape index (κ3) is 4.81. The van der Waals surface area contributed by atoms with Crippen LogP contribution in [0, 0.1) is 28.6 Å². The highest BCUT2D eigenvalue weighted by Crippen LogP contribution is 2.60. The molecule has 0 amide bonds.